The van der Waals surface area contributed by atoms with Crippen LogP contribution in [0.15, 0.2) is 97.6 Å². The number of rotatable bonds is 11. The monoisotopic (exact) mass is 788 g/mol. The molecule has 0 aliphatic carbocycles. The Hall–Kier alpha value is -5.98. The van der Waals surface area contributed by atoms with Gasteiger partial charge in [0.1, 0.15) is 23.3 Å². The Morgan fingerprint density at radius 2 is 1.05 bits per heavy atom. The van der Waals surface area contributed by atoms with Gasteiger partial charge >= 0.3 is 0 Å². The van der Waals surface area contributed by atoms with Crippen LogP contribution in [0.3, 0.4) is 0 Å². The van der Waals surface area contributed by atoms with Crippen molar-refractivity contribution in [3.63, 3.8) is 0 Å². The van der Waals surface area contributed by atoms with Crippen LogP contribution in [-0.4, -0.2) is 39.0 Å². The van der Waals surface area contributed by atoms with Gasteiger partial charge in [0.05, 0.1) is 55.9 Å². The highest BCUT2D eigenvalue weighted by Gasteiger charge is 2.29. The summed E-state index contributed by atoms with van der Waals surface area (Å²) in [7, 11) is 0. The summed E-state index contributed by atoms with van der Waals surface area (Å²) in [6.45, 7) is 9.22. The zero-order chi connectivity index (χ0) is 39.1. The molecule has 6 aromatic heterocycles. The number of benzene rings is 2. The van der Waals surface area contributed by atoms with E-state index in [2.05, 4.69) is 23.8 Å². The number of pyridine rings is 4. The Morgan fingerprint density at radius 1 is 0.554 bits per heavy atom. The molecule has 0 fully saturated rings. The standard InChI is InChI=1S/C42H36Cl2F2N10/c1-5-15-53-37-14-10-29(45)19-36(37)52-40(53)28-18-34(44)42(50-22-28)56(32-12-8-26(4)48-24-32)55(31-11-7-25(3)47-23-31)41-33(43)17-27(21-49-41)39-51-35-13-9-30(46)20-38(35)54(39)16-6-2/h7-14,17-24H,5-6,15-16H2,1-4H3. The van der Waals surface area contributed by atoms with Crippen molar-refractivity contribution in [2.45, 2.75) is 53.6 Å². The molecule has 0 unspecified atom stereocenters. The van der Waals surface area contributed by atoms with Crippen LogP contribution in [0, 0.1) is 25.5 Å². The molecule has 0 spiro atoms. The van der Waals surface area contributed by atoms with E-state index in [1.165, 1.54) is 24.3 Å². The fourth-order valence-electron chi connectivity index (χ4n) is 6.79. The van der Waals surface area contributed by atoms with Gasteiger partial charge in [0.15, 0.2) is 11.6 Å². The van der Waals surface area contributed by atoms with Gasteiger partial charge in [-0.25, -0.2) is 38.7 Å². The van der Waals surface area contributed by atoms with E-state index in [1.54, 1.807) is 59.1 Å². The second kappa shape index (κ2) is 15.3. The summed E-state index contributed by atoms with van der Waals surface area (Å²) in [4.78, 5) is 28.8. The van der Waals surface area contributed by atoms with Gasteiger partial charge in [-0.1, -0.05) is 37.0 Å². The third kappa shape index (κ3) is 6.90. The molecule has 14 heteroatoms. The van der Waals surface area contributed by atoms with Crippen molar-refractivity contribution in [3.05, 3.63) is 131 Å². The van der Waals surface area contributed by atoms with Crippen LogP contribution in [0.4, 0.5) is 31.8 Å². The number of fused-ring (bicyclic) bond motifs is 2. The minimum Gasteiger partial charge on any atom is -0.324 e. The Bertz CT molecular complexity index is 2610. The summed E-state index contributed by atoms with van der Waals surface area (Å²) in [6, 6.07) is 20.4. The fourth-order valence-corrected chi connectivity index (χ4v) is 7.29. The van der Waals surface area contributed by atoms with Gasteiger partial charge < -0.3 is 9.13 Å². The Morgan fingerprint density at radius 3 is 1.55 bits per heavy atom. The first-order chi connectivity index (χ1) is 27.1. The number of halogens is 4. The number of hydrogen-bond acceptors (Lipinski definition) is 8. The van der Waals surface area contributed by atoms with Gasteiger partial charge in [0, 0.05) is 54.1 Å². The van der Waals surface area contributed by atoms with Gasteiger partial charge in [0.25, 0.3) is 0 Å². The molecule has 56 heavy (non-hydrogen) atoms. The van der Waals surface area contributed by atoms with Crippen molar-refractivity contribution in [2.24, 2.45) is 0 Å². The number of imidazole rings is 2. The maximum absolute atomic E-state index is 14.4. The first-order valence-electron chi connectivity index (χ1n) is 18.2. The Labute approximate surface area is 332 Å². The summed E-state index contributed by atoms with van der Waals surface area (Å²) < 4.78 is 32.6. The van der Waals surface area contributed by atoms with E-state index in [1.807, 2.05) is 47.2 Å². The van der Waals surface area contributed by atoms with E-state index in [0.717, 1.165) is 29.7 Å². The fraction of sp³-hybridized carbons (Fsp3) is 0.190. The van der Waals surface area contributed by atoms with Gasteiger partial charge in [-0.15, -0.1) is 0 Å². The van der Waals surface area contributed by atoms with E-state index in [4.69, 9.17) is 43.1 Å². The molecule has 0 radical (unpaired) electrons. The number of aromatic nitrogens is 8. The average Bonchev–Trinajstić information content (AvgIpc) is 3.73. The summed E-state index contributed by atoms with van der Waals surface area (Å²) in [5.41, 5.74) is 6.88. The molecule has 6 heterocycles. The smallest absolute Gasteiger partial charge is 0.171 e. The van der Waals surface area contributed by atoms with Crippen molar-refractivity contribution < 1.29 is 8.78 Å². The molecule has 2 aromatic carbocycles. The van der Waals surface area contributed by atoms with Crippen LogP contribution in [0.1, 0.15) is 38.1 Å². The average molecular weight is 790 g/mol. The van der Waals surface area contributed by atoms with Crippen LogP contribution in [0.5, 0.6) is 0 Å². The Kier molecular flexibility index (Phi) is 10.1. The highest BCUT2D eigenvalue weighted by molar-refractivity contribution is 6.34. The van der Waals surface area contributed by atoms with E-state index in [0.29, 0.717) is 85.5 Å². The summed E-state index contributed by atoms with van der Waals surface area (Å²) >= 11 is 14.5. The van der Waals surface area contributed by atoms with Gasteiger partial charge in [-0.2, -0.15) is 0 Å². The van der Waals surface area contributed by atoms with Crippen molar-refractivity contribution in [1.82, 2.24) is 39.0 Å². The van der Waals surface area contributed by atoms with Crippen LogP contribution in [0.2, 0.25) is 10.0 Å². The third-order valence-electron chi connectivity index (χ3n) is 9.36. The van der Waals surface area contributed by atoms with E-state index in [-0.39, 0.29) is 11.6 Å². The number of hydrogen-bond donors (Lipinski definition) is 0. The highest BCUT2D eigenvalue weighted by atomic mass is 35.5. The number of nitrogens with zero attached hydrogens (tertiary/aromatic N) is 10. The molecule has 10 nitrogen and oxygen atoms in total. The van der Waals surface area contributed by atoms with Crippen molar-refractivity contribution in [3.8, 4) is 22.8 Å². The molecule has 0 saturated carbocycles. The summed E-state index contributed by atoms with van der Waals surface area (Å²) in [5, 5.41) is 4.17. The molecule has 8 rings (SSSR count). The first-order valence-corrected chi connectivity index (χ1v) is 19.0. The minimum atomic E-state index is -0.361. The predicted octanol–water partition coefficient (Wildman–Crippen LogP) is 11.2. The lowest BCUT2D eigenvalue weighted by Crippen LogP contribution is -2.37. The molecule has 0 aliphatic heterocycles. The Balaban J connectivity index is 1.30. The molecule has 282 valence electrons. The van der Waals surface area contributed by atoms with E-state index >= 15 is 0 Å². The van der Waals surface area contributed by atoms with Crippen molar-refractivity contribution in [2.75, 3.05) is 10.0 Å². The van der Waals surface area contributed by atoms with Gasteiger partial charge in [0.2, 0.25) is 0 Å². The maximum atomic E-state index is 14.4. The molecular weight excluding hydrogens is 753 g/mol. The zero-order valence-corrected chi connectivity index (χ0v) is 32.6. The molecular formula is C42H36Cl2F2N10. The van der Waals surface area contributed by atoms with Crippen LogP contribution >= 0.6 is 23.2 Å². The zero-order valence-electron chi connectivity index (χ0n) is 31.1. The molecule has 0 aliphatic rings. The second-order valence-electron chi connectivity index (χ2n) is 13.4. The van der Waals surface area contributed by atoms with Crippen LogP contribution in [-0.2, 0) is 13.1 Å². The quantitative estimate of drug-likeness (QED) is 0.120. The molecule has 0 bridgehead atoms. The molecule has 0 atom stereocenters. The topological polar surface area (TPSA) is 93.7 Å². The molecule has 8 aromatic rings. The molecule has 0 amide bonds. The summed E-state index contributed by atoms with van der Waals surface area (Å²) in [5.74, 6) is 1.23. The second-order valence-corrected chi connectivity index (χ2v) is 14.3. The van der Waals surface area contributed by atoms with Crippen molar-refractivity contribution >= 4 is 68.3 Å². The molecule has 0 saturated heterocycles. The lowest BCUT2D eigenvalue weighted by Gasteiger charge is -2.37. The van der Waals surface area contributed by atoms with Gasteiger partial charge in [-0.3, -0.25) is 9.97 Å². The van der Waals surface area contributed by atoms with E-state index in [9.17, 15) is 8.78 Å². The largest absolute Gasteiger partial charge is 0.324 e. The first kappa shape index (κ1) is 37.0. The van der Waals surface area contributed by atoms with E-state index < -0.39 is 0 Å². The minimum absolute atomic E-state index is 0.294. The number of anilines is 4. The van der Waals surface area contributed by atoms with Crippen LogP contribution < -0.4 is 10.0 Å². The SMILES string of the molecule is CCCn1c(-c2cnc(N(c3ccc(C)nc3)N(c3ccc(C)nc3)c3ncc(-c4nc5ccc(F)cc5n4CCC)cc3Cl)c(Cl)c2)nc2cc(F)ccc21. The number of hydrazine groups is 1. The normalized spacial score (nSPS) is 11.5. The third-order valence-corrected chi connectivity index (χ3v) is 9.91. The van der Waals surface area contributed by atoms with Crippen molar-refractivity contribution in [1.29, 1.82) is 0 Å². The maximum Gasteiger partial charge on any atom is 0.171 e. The highest BCUT2D eigenvalue weighted by Crippen LogP contribution is 2.42. The predicted molar refractivity (Wildman–Crippen MR) is 219 cm³/mol. The number of aryl methyl sites for hydroxylation is 4. The van der Waals surface area contributed by atoms with Gasteiger partial charge in [-0.05, 0) is 93.4 Å². The van der Waals surface area contributed by atoms with Crippen LogP contribution in [0.25, 0.3) is 44.8 Å². The summed E-state index contributed by atoms with van der Waals surface area (Å²) in [6.07, 6.45) is 8.49. The lowest BCUT2D eigenvalue weighted by atomic mass is 10.2. The molecule has 0 N–H and O–H groups in total. The lowest BCUT2D eigenvalue weighted by molar-refractivity contribution is 0.627.